The van der Waals surface area contributed by atoms with Crippen LogP contribution in [0.1, 0.15) is 25.3 Å². The fraction of sp³-hybridized carbons (Fsp3) is 0.667. The number of piperidine rings is 1. The number of anilines is 1. The van der Waals surface area contributed by atoms with Gasteiger partial charge < -0.3 is 10.0 Å². The summed E-state index contributed by atoms with van der Waals surface area (Å²) in [6, 6.07) is 0. The number of aromatic nitrogens is 2. The molecule has 0 amide bonds. The Kier molecular flexibility index (Phi) is 3.10. The van der Waals surface area contributed by atoms with Gasteiger partial charge in [-0.1, -0.05) is 6.92 Å². The van der Waals surface area contributed by atoms with Gasteiger partial charge in [0.1, 0.15) is 0 Å². The molecule has 1 atom stereocenters. The fourth-order valence-electron chi connectivity index (χ4n) is 2.16. The molecule has 1 aliphatic heterocycles. The molecule has 2 rings (SSSR count). The highest BCUT2D eigenvalue weighted by Gasteiger charge is 2.31. The maximum atomic E-state index is 9.39. The average molecular weight is 221 g/mol. The molecule has 4 nitrogen and oxygen atoms in total. The molecule has 1 fully saturated rings. The minimum absolute atomic E-state index is 0.00744. The number of aryl methyl sites for hydroxylation is 1. The second-order valence-corrected chi connectivity index (χ2v) is 5.05. The predicted molar refractivity (Wildman–Crippen MR) is 63.4 cm³/mol. The third kappa shape index (κ3) is 2.32. The predicted octanol–water partition coefficient (Wildman–Crippen LogP) is 1.38. The molecule has 0 saturated carbocycles. The van der Waals surface area contributed by atoms with E-state index in [9.17, 15) is 5.11 Å². The van der Waals surface area contributed by atoms with Crippen molar-refractivity contribution in [2.24, 2.45) is 5.41 Å². The largest absolute Gasteiger partial charge is 0.396 e. The first-order valence-electron chi connectivity index (χ1n) is 5.77. The van der Waals surface area contributed by atoms with E-state index in [2.05, 4.69) is 21.8 Å². The normalized spacial score (nSPS) is 25.8. The first-order valence-corrected chi connectivity index (χ1v) is 5.77. The smallest absolute Gasteiger partial charge is 0.225 e. The van der Waals surface area contributed by atoms with Crippen molar-refractivity contribution < 1.29 is 5.11 Å². The zero-order valence-corrected chi connectivity index (χ0v) is 9.98. The number of hydrogen-bond acceptors (Lipinski definition) is 4. The van der Waals surface area contributed by atoms with Crippen LogP contribution in [0, 0.1) is 12.3 Å². The standard InChI is InChI=1S/C12H19N3O/c1-10-6-13-11(14-7-10)15-5-3-4-12(2,8-15)9-16/h6-7,16H,3-5,8-9H2,1-2H3. The summed E-state index contributed by atoms with van der Waals surface area (Å²) in [5.74, 6) is 0.782. The van der Waals surface area contributed by atoms with Crippen LogP contribution in [0.4, 0.5) is 5.95 Å². The Morgan fingerprint density at radius 2 is 2.12 bits per heavy atom. The molecule has 1 unspecified atom stereocenters. The van der Waals surface area contributed by atoms with E-state index in [1.54, 1.807) is 0 Å². The maximum absolute atomic E-state index is 9.39. The summed E-state index contributed by atoms with van der Waals surface area (Å²) in [6.45, 7) is 6.16. The molecular formula is C12H19N3O. The molecular weight excluding hydrogens is 202 g/mol. The van der Waals surface area contributed by atoms with Crippen LogP contribution < -0.4 is 4.90 Å². The van der Waals surface area contributed by atoms with Gasteiger partial charge >= 0.3 is 0 Å². The van der Waals surface area contributed by atoms with E-state index in [0.29, 0.717) is 0 Å². The van der Waals surface area contributed by atoms with E-state index in [4.69, 9.17) is 0 Å². The molecule has 1 aromatic heterocycles. The lowest BCUT2D eigenvalue weighted by Crippen LogP contribution is -2.44. The van der Waals surface area contributed by atoms with Gasteiger partial charge in [0.05, 0.1) is 6.61 Å². The van der Waals surface area contributed by atoms with Crippen molar-refractivity contribution in [3.8, 4) is 0 Å². The second kappa shape index (κ2) is 4.37. The van der Waals surface area contributed by atoms with Crippen LogP contribution in [0.3, 0.4) is 0 Å². The van der Waals surface area contributed by atoms with Crippen LogP contribution in [0.2, 0.25) is 0 Å². The topological polar surface area (TPSA) is 49.2 Å². The van der Waals surface area contributed by atoms with Crippen molar-refractivity contribution >= 4 is 5.95 Å². The number of hydrogen-bond donors (Lipinski definition) is 1. The summed E-state index contributed by atoms with van der Waals surface area (Å²) >= 11 is 0. The molecule has 1 aliphatic rings. The molecule has 1 saturated heterocycles. The Hall–Kier alpha value is -1.16. The lowest BCUT2D eigenvalue weighted by atomic mass is 9.83. The highest BCUT2D eigenvalue weighted by Crippen LogP contribution is 2.30. The first kappa shape index (κ1) is 11.3. The van der Waals surface area contributed by atoms with E-state index in [-0.39, 0.29) is 12.0 Å². The van der Waals surface area contributed by atoms with E-state index in [1.165, 1.54) is 0 Å². The van der Waals surface area contributed by atoms with Gasteiger partial charge in [0, 0.05) is 30.9 Å². The van der Waals surface area contributed by atoms with Crippen LogP contribution in [0.25, 0.3) is 0 Å². The molecule has 1 N–H and O–H groups in total. The third-order valence-electron chi connectivity index (χ3n) is 3.21. The van der Waals surface area contributed by atoms with Crippen molar-refractivity contribution in [2.75, 3.05) is 24.6 Å². The zero-order chi connectivity index (χ0) is 11.6. The number of aliphatic hydroxyl groups is 1. The van der Waals surface area contributed by atoms with Gasteiger partial charge in [-0.05, 0) is 25.3 Å². The Labute approximate surface area is 96.3 Å². The zero-order valence-electron chi connectivity index (χ0n) is 9.98. The van der Waals surface area contributed by atoms with Crippen molar-refractivity contribution in [1.82, 2.24) is 9.97 Å². The summed E-state index contributed by atoms with van der Waals surface area (Å²) in [6.07, 6.45) is 5.85. The Morgan fingerprint density at radius 1 is 1.44 bits per heavy atom. The maximum Gasteiger partial charge on any atom is 0.225 e. The lowest BCUT2D eigenvalue weighted by Gasteiger charge is -2.39. The molecule has 0 bridgehead atoms. The molecule has 0 spiro atoms. The number of aliphatic hydroxyl groups excluding tert-OH is 1. The molecule has 88 valence electrons. The average Bonchev–Trinajstić information content (AvgIpc) is 2.30. The van der Waals surface area contributed by atoms with Crippen LogP contribution in [0.15, 0.2) is 12.4 Å². The van der Waals surface area contributed by atoms with Crippen LogP contribution in [-0.2, 0) is 0 Å². The third-order valence-corrected chi connectivity index (χ3v) is 3.21. The van der Waals surface area contributed by atoms with E-state index in [0.717, 1.165) is 37.4 Å². The molecule has 0 aliphatic carbocycles. The van der Waals surface area contributed by atoms with Gasteiger partial charge in [-0.2, -0.15) is 0 Å². The highest BCUT2D eigenvalue weighted by molar-refractivity contribution is 5.31. The van der Waals surface area contributed by atoms with Gasteiger partial charge in [0.15, 0.2) is 0 Å². The molecule has 1 aromatic rings. The summed E-state index contributed by atoms with van der Waals surface area (Å²) in [5.41, 5.74) is 1.07. The molecule has 0 radical (unpaired) electrons. The minimum atomic E-state index is -0.00744. The Balaban J connectivity index is 2.12. The second-order valence-electron chi connectivity index (χ2n) is 5.05. The molecule has 0 aromatic carbocycles. The first-order chi connectivity index (χ1) is 7.63. The summed E-state index contributed by atoms with van der Waals surface area (Å²) in [4.78, 5) is 10.8. The van der Waals surface area contributed by atoms with Gasteiger partial charge in [0.25, 0.3) is 0 Å². The van der Waals surface area contributed by atoms with Crippen LogP contribution >= 0.6 is 0 Å². The van der Waals surface area contributed by atoms with Crippen molar-refractivity contribution in [2.45, 2.75) is 26.7 Å². The Bertz CT molecular complexity index is 352. The molecule has 4 heteroatoms. The molecule has 2 heterocycles. The number of rotatable bonds is 2. The van der Waals surface area contributed by atoms with Gasteiger partial charge in [-0.3, -0.25) is 0 Å². The van der Waals surface area contributed by atoms with Crippen molar-refractivity contribution in [1.29, 1.82) is 0 Å². The SMILES string of the molecule is Cc1cnc(N2CCCC(C)(CO)C2)nc1. The summed E-state index contributed by atoms with van der Waals surface area (Å²) in [5, 5.41) is 9.39. The fourth-order valence-corrected chi connectivity index (χ4v) is 2.16. The van der Waals surface area contributed by atoms with E-state index >= 15 is 0 Å². The van der Waals surface area contributed by atoms with Gasteiger partial charge in [-0.15, -0.1) is 0 Å². The van der Waals surface area contributed by atoms with Crippen molar-refractivity contribution in [3.05, 3.63) is 18.0 Å². The summed E-state index contributed by atoms with van der Waals surface area (Å²) in [7, 11) is 0. The minimum Gasteiger partial charge on any atom is -0.396 e. The van der Waals surface area contributed by atoms with Crippen molar-refractivity contribution in [3.63, 3.8) is 0 Å². The lowest BCUT2D eigenvalue weighted by molar-refractivity contribution is 0.123. The number of nitrogens with zero attached hydrogens (tertiary/aromatic N) is 3. The Morgan fingerprint density at radius 3 is 2.75 bits per heavy atom. The van der Waals surface area contributed by atoms with Gasteiger partial charge in [-0.25, -0.2) is 9.97 Å². The summed E-state index contributed by atoms with van der Waals surface area (Å²) < 4.78 is 0. The van der Waals surface area contributed by atoms with Crippen LogP contribution in [-0.4, -0.2) is 34.8 Å². The van der Waals surface area contributed by atoms with E-state index in [1.807, 2.05) is 19.3 Å². The highest BCUT2D eigenvalue weighted by atomic mass is 16.3. The quantitative estimate of drug-likeness (QED) is 0.819. The van der Waals surface area contributed by atoms with Crippen LogP contribution in [0.5, 0.6) is 0 Å². The monoisotopic (exact) mass is 221 g/mol. The van der Waals surface area contributed by atoms with Gasteiger partial charge in [0.2, 0.25) is 5.95 Å². The molecule has 16 heavy (non-hydrogen) atoms. The van der Waals surface area contributed by atoms with E-state index < -0.39 is 0 Å².